The summed E-state index contributed by atoms with van der Waals surface area (Å²) in [6, 6.07) is 78.6. The van der Waals surface area contributed by atoms with Crippen molar-refractivity contribution in [3.8, 4) is 11.1 Å². The van der Waals surface area contributed by atoms with Crippen molar-refractivity contribution in [1.82, 2.24) is 0 Å². The molecule has 0 saturated heterocycles. The van der Waals surface area contributed by atoms with Crippen molar-refractivity contribution in [2.24, 2.45) is 0 Å². The van der Waals surface area contributed by atoms with E-state index < -0.39 is 0 Å². The van der Waals surface area contributed by atoms with Gasteiger partial charge < -0.3 is 18.6 Å². The van der Waals surface area contributed by atoms with E-state index in [-0.39, 0.29) is 0 Å². The van der Waals surface area contributed by atoms with Gasteiger partial charge in [0.15, 0.2) is 5.58 Å². The molecule has 4 heteroatoms. The molecule has 64 heavy (non-hydrogen) atoms. The molecule has 2 aromatic heterocycles. The van der Waals surface area contributed by atoms with E-state index in [2.05, 4.69) is 216 Å². The van der Waals surface area contributed by atoms with Crippen molar-refractivity contribution < 1.29 is 8.83 Å². The molecular weight excluding hydrogens is 781 g/mol. The molecule has 0 spiro atoms. The number of nitrogens with zero attached hydrogens (tertiary/aromatic N) is 2. The summed E-state index contributed by atoms with van der Waals surface area (Å²) >= 11 is 0. The smallest absolute Gasteiger partial charge is 0.160 e. The zero-order valence-electron chi connectivity index (χ0n) is 34.5. The number of fused-ring (bicyclic) bond motifs is 3. The fourth-order valence-corrected chi connectivity index (χ4v) is 10.5. The van der Waals surface area contributed by atoms with E-state index in [1.807, 2.05) is 12.1 Å². The van der Waals surface area contributed by atoms with Gasteiger partial charge >= 0.3 is 0 Å². The van der Waals surface area contributed by atoms with Gasteiger partial charge in [0.2, 0.25) is 0 Å². The average molecular weight is 817 g/mol. The number of hydrogen-bond donors (Lipinski definition) is 0. The van der Waals surface area contributed by atoms with Crippen LogP contribution >= 0.6 is 0 Å². The van der Waals surface area contributed by atoms with E-state index >= 15 is 0 Å². The number of para-hydroxylation sites is 3. The van der Waals surface area contributed by atoms with Crippen molar-refractivity contribution in [3.63, 3.8) is 0 Å². The maximum Gasteiger partial charge on any atom is 0.160 e. The first-order valence-corrected chi connectivity index (χ1v) is 21.8. The van der Waals surface area contributed by atoms with Crippen LogP contribution in [-0.2, 0) is 0 Å². The Morgan fingerprint density at radius 2 is 0.844 bits per heavy atom. The molecule has 0 aliphatic carbocycles. The fourth-order valence-electron chi connectivity index (χ4n) is 10.5. The van der Waals surface area contributed by atoms with Crippen LogP contribution in [0.25, 0.3) is 98.1 Å². The SMILES string of the molecule is c1ccc(-c2ccccc2N(c2ccccc2)c2ccc3ccc4c(N(c5ccc6oc7ccccc7c6c5)c5ccc6ccc7cccc8oc5c6c78)ccc5ccc2c3c54)cc1. The monoisotopic (exact) mass is 816 g/mol. The highest BCUT2D eigenvalue weighted by atomic mass is 16.3. The largest absolute Gasteiger partial charge is 0.456 e. The van der Waals surface area contributed by atoms with Crippen molar-refractivity contribution >= 4 is 121 Å². The molecule has 0 unspecified atom stereocenters. The predicted molar refractivity (Wildman–Crippen MR) is 268 cm³/mol. The Morgan fingerprint density at radius 1 is 0.281 bits per heavy atom. The Bertz CT molecular complexity index is 4090. The summed E-state index contributed by atoms with van der Waals surface area (Å²) in [6.07, 6.45) is 0. The molecular formula is C60H36N2O2. The lowest BCUT2D eigenvalue weighted by molar-refractivity contribution is 0.669. The van der Waals surface area contributed by atoms with Gasteiger partial charge in [-0.3, -0.25) is 0 Å². The molecule has 0 amide bonds. The zero-order valence-corrected chi connectivity index (χ0v) is 34.5. The van der Waals surface area contributed by atoms with Gasteiger partial charge in [0.1, 0.15) is 16.7 Å². The van der Waals surface area contributed by atoms with E-state index in [4.69, 9.17) is 8.83 Å². The summed E-state index contributed by atoms with van der Waals surface area (Å²) in [7, 11) is 0. The molecule has 0 saturated carbocycles. The van der Waals surface area contributed by atoms with E-state index in [0.717, 1.165) is 88.8 Å². The first kappa shape index (κ1) is 35.0. The highest BCUT2D eigenvalue weighted by Gasteiger charge is 2.26. The predicted octanol–water partition coefficient (Wildman–Crippen LogP) is 17.6. The third-order valence-corrected chi connectivity index (χ3v) is 13.3. The molecule has 0 radical (unpaired) electrons. The van der Waals surface area contributed by atoms with Crippen LogP contribution < -0.4 is 9.80 Å². The Balaban J connectivity index is 1.05. The Kier molecular flexibility index (Phi) is 7.36. The Labute approximate surface area is 367 Å². The number of rotatable bonds is 7. The Morgan fingerprint density at radius 3 is 1.61 bits per heavy atom. The second-order valence-corrected chi connectivity index (χ2v) is 16.8. The third kappa shape index (κ3) is 5.05. The summed E-state index contributed by atoms with van der Waals surface area (Å²) in [5.41, 5.74) is 12.2. The molecule has 0 N–H and O–H groups in total. The van der Waals surface area contributed by atoms with Gasteiger partial charge in [-0.2, -0.15) is 0 Å². The third-order valence-electron chi connectivity index (χ3n) is 13.3. The summed E-state index contributed by atoms with van der Waals surface area (Å²) in [4.78, 5) is 4.83. The van der Waals surface area contributed by atoms with Gasteiger partial charge in [-0.15, -0.1) is 0 Å². The molecule has 14 aromatic rings. The number of furan rings is 2. The quantitative estimate of drug-likeness (QED) is 0.150. The lowest BCUT2D eigenvalue weighted by Crippen LogP contribution is -2.12. The normalized spacial score (nSPS) is 12.1. The van der Waals surface area contributed by atoms with E-state index in [1.165, 1.54) is 43.4 Å². The molecule has 0 fully saturated rings. The van der Waals surface area contributed by atoms with Crippen LogP contribution in [-0.4, -0.2) is 0 Å². The minimum absolute atomic E-state index is 0.859. The summed E-state index contributed by atoms with van der Waals surface area (Å²) < 4.78 is 13.3. The van der Waals surface area contributed by atoms with Gasteiger partial charge in [-0.05, 0) is 105 Å². The number of anilines is 6. The van der Waals surface area contributed by atoms with Crippen LogP contribution in [0.4, 0.5) is 34.1 Å². The maximum absolute atomic E-state index is 6.94. The molecule has 0 atom stereocenters. The Hall–Kier alpha value is -8.60. The van der Waals surface area contributed by atoms with Gasteiger partial charge in [0, 0.05) is 49.3 Å². The minimum Gasteiger partial charge on any atom is -0.456 e. The number of hydrogen-bond acceptors (Lipinski definition) is 4. The molecule has 12 aromatic carbocycles. The standard InChI is InChI=1S/C60H36N2O2/c1-3-12-37(13-4-1)44-17-7-9-19-49(44)61(42-15-5-2-6-16-42)50-32-26-39-25-31-47-51(33-27-40-24-30-46(50)56(39)57(40)47)62(43-29-35-54-48(36-43)45-18-8-10-20-53(45)63-54)52-34-28-41-23-22-38-14-11-21-55-58(38)59(41)60(52)64-55/h1-36H. The van der Waals surface area contributed by atoms with E-state index in [0.29, 0.717) is 0 Å². The minimum atomic E-state index is 0.859. The first-order chi connectivity index (χ1) is 31.7. The van der Waals surface area contributed by atoms with Gasteiger partial charge in [0.25, 0.3) is 0 Å². The van der Waals surface area contributed by atoms with Gasteiger partial charge in [-0.25, -0.2) is 0 Å². The molecule has 14 rings (SSSR count). The molecule has 0 bridgehead atoms. The second kappa shape index (κ2) is 13.4. The summed E-state index contributed by atoms with van der Waals surface area (Å²) in [5, 5.41) is 14.0. The first-order valence-electron chi connectivity index (χ1n) is 21.8. The molecule has 298 valence electrons. The number of benzene rings is 12. The zero-order chi connectivity index (χ0) is 41.9. The van der Waals surface area contributed by atoms with Crippen LogP contribution in [0.15, 0.2) is 227 Å². The average Bonchev–Trinajstić information content (AvgIpc) is 3.94. The highest BCUT2D eigenvalue weighted by molar-refractivity contribution is 6.29. The van der Waals surface area contributed by atoms with Crippen LogP contribution in [0.1, 0.15) is 0 Å². The van der Waals surface area contributed by atoms with Crippen molar-refractivity contribution in [3.05, 3.63) is 218 Å². The van der Waals surface area contributed by atoms with Crippen molar-refractivity contribution in [2.45, 2.75) is 0 Å². The van der Waals surface area contributed by atoms with Crippen molar-refractivity contribution in [2.75, 3.05) is 9.80 Å². The van der Waals surface area contributed by atoms with E-state index in [1.54, 1.807) is 0 Å². The second-order valence-electron chi connectivity index (χ2n) is 16.8. The van der Waals surface area contributed by atoms with Gasteiger partial charge in [0.05, 0.1) is 22.7 Å². The maximum atomic E-state index is 6.94. The van der Waals surface area contributed by atoms with Gasteiger partial charge in [-0.1, -0.05) is 152 Å². The lowest BCUT2D eigenvalue weighted by Gasteiger charge is -2.30. The molecule has 0 aliphatic heterocycles. The van der Waals surface area contributed by atoms with Crippen LogP contribution in [0, 0.1) is 0 Å². The molecule has 0 aliphatic rings. The van der Waals surface area contributed by atoms with Crippen molar-refractivity contribution in [1.29, 1.82) is 0 Å². The summed E-state index contributed by atoms with van der Waals surface area (Å²) in [5.74, 6) is 0. The molecule has 4 nitrogen and oxygen atoms in total. The lowest BCUT2D eigenvalue weighted by atomic mass is 9.91. The van der Waals surface area contributed by atoms with Crippen LogP contribution in [0.2, 0.25) is 0 Å². The molecule has 2 heterocycles. The summed E-state index contributed by atoms with van der Waals surface area (Å²) in [6.45, 7) is 0. The van der Waals surface area contributed by atoms with Crippen LogP contribution in [0.3, 0.4) is 0 Å². The van der Waals surface area contributed by atoms with Crippen LogP contribution in [0.5, 0.6) is 0 Å². The van der Waals surface area contributed by atoms with E-state index in [9.17, 15) is 0 Å². The highest BCUT2D eigenvalue weighted by Crippen LogP contribution is 2.51. The fraction of sp³-hybridized carbons (Fsp3) is 0. The topological polar surface area (TPSA) is 32.8 Å².